The Hall–Kier alpha value is -3.27. The molecule has 0 bridgehead atoms. The van der Waals surface area contributed by atoms with Crippen LogP contribution in [0.2, 0.25) is 0 Å². The largest absolute Gasteiger partial charge is 0.395 e. The summed E-state index contributed by atoms with van der Waals surface area (Å²) in [7, 11) is 0. The zero-order chi connectivity index (χ0) is 28.6. The second-order valence-corrected chi connectivity index (χ2v) is 11.1. The molecule has 2 amide bonds. The number of aliphatic hydroxyl groups is 2. The van der Waals surface area contributed by atoms with Crippen LogP contribution in [0.25, 0.3) is 0 Å². The first-order valence-corrected chi connectivity index (χ1v) is 14.5. The fourth-order valence-corrected chi connectivity index (χ4v) is 5.72. The van der Waals surface area contributed by atoms with Gasteiger partial charge in [-0.1, -0.05) is 85.8 Å². The molecule has 0 saturated carbocycles. The molecule has 3 aromatic carbocycles. The number of hydrogen-bond acceptors (Lipinski definition) is 6. The number of benzene rings is 3. The molecule has 5 unspecified atom stereocenters. The van der Waals surface area contributed by atoms with Gasteiger partial charge in [-0.25, -0.2) is 4.79 Å². The van der Waals surface area contributed by atoms with Gasteiger partial charge in [0.15, 0.2) is 6.29 Å². The number of nitrogens with one attached hydrogen (secondary N) is 2. The Kier molecular flexibility index (Phi) is 10.0. The van der Waals surface area contributed by atoms with E-state index in [1.807, 2.05) is 78.9 Å². The van der Waals surface area contributed by atoms with Gasteiger partial charge in [-0.3, -0.25) is 4.90 Å². The Morgan fingerprint density at radius 3 is 2.15 bits per heavy atom. The second-order valence-electron chi connectivity index (χ2n) is 11.1. The van der Waals surface area contributed by atoms with E-state index in [1.165, 1.54) is 0 Å². The van der Waals surface area contributed by atoms with E-state index in [0.717, 1.165) is 53.7 Å². The maximum Gasteiger partial charge on any atom is 0.315 e. The number of aliphatic hydroxyl groups excluding tert-OH is 2. The molecule has 41 heavy (non-hydrogen) atoms. The van der Waals surface area contributed by atoms with E-state index >= 15 is 0 Å². The Balaban J connectivity index is 1.25. The topological polar surface area (TPSA) is 103 Å². The number of amides is 2. The third kappa shape index (κ3) is 7.52. The molecule has 0 aromatic heterocycles. The van der Waals surface area contributed by atoms with E-state index in [-0.39, 0.29) is 43.4 Å². The fourth-order valence-electron chi connectivity index (χ4n) is 5.72. The van der Waals surface area contributed by atoms with Gasteiger partial charge in [0.05, 0.1) is 25.4 Å². The molecule has 2 aliphatic heterocycles. The highest BCUT2D eigenvalue weighted by Gasteiger charge is 2.40. The lowest BCUT2D eigenvalue weighted by Gasteiger charge is -2.43. The van der Waals surface area contributed by atoms with Crippen molar-refractivity contribution in [1.29, 1.82) is 0 Å². The summed E-state index contributed by atoms with van der Waals surface area (Å²) in [6.45, 7) is 4.90. The highest BCUT2D eigenvalue weighted by molar-refractivity contribution is 5.73. The number of rotatable bonds is 10. The normalized spacial score (nSPS) is 24.7. The van der Waals surface area contributed by atoms with Crippen LogP contribution in [0.4, 0.5) is 4.79 Å². The summed E-state index contributed by atoms with van der Waals surface area (Å²) in [6, 6.07) is 25.6. The van der Waals surface area contributed by atoms with Crippen LogP contribution in [0.3, 0.4) is 0 Å². The molecule has 8 nitrogen and oxygen atoms in total. The van der Waals surface area contributed by atoms with Gasteiger partial charge in [0.25, 0.3) is 0 Å². The minimum Gasteiger partial charge on any atom is -0.395 e. The van der Waals surface area contributed by atoms with Crippen LogP contribution in [0.1, 0.15) is 60.0 Å². The highest BCUT2D eigenvalue weighted by atomic mass is 16.7. The van der Waals surface area contributed by atoms with Gasteiger partial charge in [-0.05, 0) is 41.6 Å². The summed E-state index contributed by atoms with van der Waals surface area (Å²) in [5.74, 6) is 0.0871. The molecule has 218 valence electrons. The summed E-state index contributed by atoms with van der Waals surface area (Å²) in [5, 5.41) is 25.2. The number of hydrogen-bond donors (Lipinski definition) is 4. The van der Waals surface area contributed by atoms with Crippen LogP contribution in [-0.4, -0.2) is 53.0 Å². The van der Waals surface area contributed by atoms with Crippen molar-refractivity contribution in [2.45, 2.75) is 64.0 Å². The molecule has 5 atom stereocenters. The van der Waals surface area contributed by atoms with E-state index in [4.69, 9.17) is 9.47 Å². The van der Waals surface area contributed by atoms with Crippen molar-refractivity contribution in [1.82, 2.24) is 15.5 Å². The number of carbonyl (C=O) groups excluding carboxylic acids is 1. The summed E-state index contributed by atoms with van der Waals surface area (Å²) < 4.78 is 13.2. The van der Waals surface area contributed by atoms with Crippen molar-refractivity contribution in [3.63, 3.8) is 0 Å². The van der Waals surface area contributed by atoms with Crippen LogP contribution < -0.4 is 10.6 Å². The van der Waals surface area contributed by atoms with Gasteiger partial charge in [0.1, 0.15) is 0 Å². The van der Waals surface area contributed by atoms with E-state index in [2.05, 4.69) is 22.5 Å². The third-order valence-corrected chi connectivity index (χ3v) is 8.25. The summed E-state index contributed by atoms with van der Waals surface area (Å²) >= 11 is 0. The van der Waals surface area contributed by atoms with Crippen molar-refractivity contribution in [3.05, 3.63) is 107 Å². The maximum absolute atomic E-state index is 12.3. The van der Waals surface area contributed by atoms with Crippen LogP contribution in [0, 0.1) is 5.92 Å². The molecule has 0 radical (unpaired) electrons. The lowest BCUT2D eigenvalue weighted by Crippen LogP contribution is -2.46. The molecule has 2 saturated heterocycles. The van der Waals surface area contributed by atoms with Crippen LogP contribution in [-0.2, 0) is 29.2 Å². The molecule has 4 N–H and O–H groups in total. The van der Waals surface area contributed by atoms with Crippen LogP contribution in [0.5, 0.6) is 0 Å². The second kappa shape index (κ2) is 14.1. The molecule has 0 aliphatic carbocycles. The van der Waals surface area contributed by atoms with Crippen molar-refractivity contribution < 1.29 is 24.5 Å². The van der Waals surface area contributed by atoms with E-state index in [1.54, 1.807) is 0 Å². The van der Waals surface area contributed by atoms with Gasteiger partial charge < -0.3 is 30.3 Å². The van der Waals surface area contributed by atoms with Crippen molar-refractivity contribution in [2.24, 2.45) is 5.92 Å². The molecule has 5 rings (SSSR count). The Morgan fingerprint density at radius 1 is 0.854 bits per heavy atom. The van der Waals surface area contributed by atoms with Crippen molar-refractivity contribution in [2.75, 3.05) is 19.7 Å². The van der Waals surface area contributed by atoms with Crippen molar-refractivity contribution in [3.8, 4) is 0 Å². The standard InChI is InChI=1S/C33H41N3O5/c1-23-30(20-36-17-5-8-29(36)22-38)40-32(41-31(23)27-13-11-26(21-37)12-14-27)28-15-9-25(10-16-28)19-35-33(39)34-18-24-6-3-2-4-7-24/h2-4,6-7,9-16,23,29-32,37-38H,5,8,17-22H2,1H3,(H2,34,35,39). The lowest BCUT2D eigenvalue weighted by molar-refractivity contribution is -0.276. The molecule has 0 spiro atoms. The van der Waals surface area contributed by atoms with Crippen molar-refractivity contribution >= 4 is 6.03 Å². The van der Waals surface area contributed by atoms with Gasteiger partial charge >= 0.3 is 6.03 Å². The summed E-state index contributed by atoms with van der Waals surface area (Å²) in [6.07, 6.45) is 1.26. The Labute approximate surface area is 242 Å². The van der Waals surface area contributed by atoms with Gasteiger partial charge in [-0.15, -0.1) is 0 Å². The quantitative estimate of drug-likeness (QED) is 0.293. The smallest absolute Gasteiger partial charge is 0.315 e. The highest BCUT2D eigenvalue weighted by Crippen LogP contribution is 2.42. The summed E-state index contributed by atoms with van der Waals surface area (Å²) in [5.41, 5.74) is 4.85. The average molecular weight is 560 g/mol. The van der Waals surface area contributed by atoms with Crippen LogP contribution in [0.15, 0.2) is 78.9 Å². The van der Waals surface area contributed by atoms with E-state index in [9.17, 15) is 15.0 Å². The first-order valence-electron chi connectivity index (χ1n) is 14.5. The monoisotopic (exact) mass is 559 g/mol. The summed E-state index contributed by atoms with van der Waals surface area (Å²) in [4.78, 5) is 14.6. The molecular formula is C33H41N3O5. The predicted octanol–water partition coefficient (Wildman–Crippen LogP) is 4.43. The average Bonchev–Trinajstić information content (AvgIpc) is 3.48. The minimum atomic E-state index is -0.551. The first kappa shape index (κ1) is 29.2. The number of carbonyl (C=O) groups is 1. The molecule has 2 fully saturated rings. The number of ether oxygens (including phenoxy) is 2. The Bertz CT molecular complexity index is 1240. The molecule has 2 heterocycles. The fraction of sp³-hybridized carbons (Fsp3) is 0.424. The number of nitrogens with zero attached hydrogens (tertiary/aromatic N) is 1. The van der Waals surface area contributed by atoms with Crippen LogP contribution >= 0.6 is 0 Å². The number of urea groups is 1. The van der Waals surface area contributed by atoms with Gasteiger partial charge in [-0.2, -0.15) is 0 Å². The predicted molar refractivity (Wildman–Crippen MR) is 157 cm³/mol. The minimum absolute atomic E-state index is 0.00309. The lowest BCUT2D eigenvalue weighted by atomic mass is 9.90. The maximum atomic E-state index is 12.3. The van der Waals surface area contributed by atoms with E-state index in [0.29, 0.717) is 13.1 Å². The van der Waals surface area contributed by atoms with Gasteiger partial charge in [0, 0.05) is 37.2 Å². The Morgan fingerprint density at radius 2 is 1.49 bits per heavy atom. The molecular weight excluding hydrogens is 518 g/mol. The first-order chi connectivity index (χ1) is 20.0. The zero-order valence-corrected chi connectivity index (χ0v) is 23.6. The molecule has 2 aliphatic rings. The van der Waals surface area contributed by atoms with Gasteiger partial charge in [0.2, 0.25) is 0 Å². The SMILES string of the molecule is CC1C(CN2CCCC2CO)OC(c2ccc(CNC(=O)NCc3ccccc3)cc2)OC1c1ccc(CO)cc1. The third-order valence-electron chi connectivity index (χ3n) is 8.25. The molecule has 3 aromatic rings. The number of likely N-dealkylation sites (tertiary alicyclic amines) is 1. The molecule has 8 heteroatoms. The van der Waals surface area contributed by atoms with E-state index < -0.39 is 6.29 Å². The zero-order valence-electron chi connectivity index (χ0n) is 23.6.